The van der Waals surface area contributed by atoms with Crippen molar-refractivity contribution in [3.05, 3.63) is 36.4 Å². The second-order valence-corrected chi connectivity index (χ2v) is 21.8. The molecule has 0 atom stereocenters. The van der Waals surface area contributed by atoms with E-state index < -0.39 is 9.23 Å². The van der Waals surface area contributed by atoms with Crippen LogP contribution in [0.25, 0.3) is 20.4 Å². The first-order valence-corrected chi connectivity index (χ1v) is 27.6. The SMILES string of the molecule is CN1CCN(C(=O)CNC(=S)Nc2cccc(NC(=S)NCCN3CCCC3=O)c2)CC1.CN1CCN(C(=O)CNc2nc3cc4nc(NCCN5CCCC5=O)sc4cc3s2)CC1.O=S(Cl)Cl. The fraction of sp³-hybridized carbons (Fsp3) is 0.524. The maximum Gasteiger partial charge on any atom is 0.242 e. The van der Waals surface area contributed by atoms with Crippen molar-refractivity contribution in [2.75, 3.05) is 140 Å². The monoisotopic (exact) mass is 1070 g/mol. The maximum atomic E-state index is 12.5. The van der Waals surface area contributed by atoms with E-state index in [-0.39, 0.29) is 36.7 Å². The van der Waals surface area contributed by atoms with Crippen molar-refractivity contribution < 1.29 is 23.4 Å². The van der Waals surface area contributed by atoms with Crippen LogP contribution < -0.4 is 31.9 Å². The fourth-order valence-electron chi connectivity index (χ4n) is 7.65. The number of hydrogen-bond acceptors (Lipinski definition) is 15. The molecule has 2 aromatic carbocycles. The van der Waals surface area contributed by atoms with Gasteiger partial charge in [0, 0.05) is 137 Å². The Morgan fingerprint density at radius 3 is 1.63 bits per heavy atom. The number of rotatable bonds is 14. The molecule has 0 spiro atoms. The van der Waals surface area contributed by atoms with Gasteiger partial charge in [-0.2, -0.15) is 0 Å². The number of nitrogens with one attached hydrogen (secondary N) is 6. The molecule has 4 fully saturated rings. The second-order valence-electron chi connectivity index (χ2n) is 16.4. The number of halogens is 2. The van der Waals surface area contributed by atoms with Crippen LogP contribution in [0.5, 0.6) is 0 Å². The van der Waals surface area contributed by atoms with E-state index in [0.29, 0.717) is 49.2 Å². The maximum absolute atomic E-state index is 12.5. The van der Waals surface area contributed by atoms with Crippen molar-refractivity contribution in [2.45, 2.75) is 25.7 Å². The van der Waals surface area contributed by atoms with E-state index in [4.69, 9.17) is 28.6 Å². The third-order valence-corrected chi connectivity index (χ3v) is 13.9. The predicted molar refractivity (Wildman–Crippen MR) is 284 cm³/mol. The van der Waals surface area contributed by atoms with Crippen LogP contribution in [0.15, 0.2) is 36.4 Å². The molecule has 4 saturated heterocycles. The van der Waals surface area contributed by atoms with Crippen molar-refractivity contribution in [2.24, 2.45) is 0 Å². The lowest BCUT2D eigenvalue weighted by Gasteiger charge is -2.32. The van der Waals surface area contributed by atoms with E-state index in [0.717, 1.165) is 120 Å². The topological polar surface area (TPSA) is 203 Å². The largest absolute Gasteiger partial charge is 0.361 e. The molecule has 0 aliphatic carbocycles. The van der Waals surface area contributed by atoms with Gasteiger partial charge >= 0.3 is 0 Å². The molecule has 0 bridgehead atoms. The molecule has 19 nitrogen and oxygen atoms in total. The van der Waals surface area contributed by atoms with Crippen molar-refractivity contribution in [1.82, 2.24) is 50.0 Å². The van der Waals surface area contributed by atoms with Gasteiger partial charge in [-0.1, -0.05) is 28.7 Å². The van der Waals surface area contributed by atoms with Gasteiger partial charge in [0.25, 0.3) is 0 Å². The van der Waals surface area contributed by atoms with Crippen molar-refractivity contribution in [1.29, 1.82) is 0 Å². The molecule has 4 aliphatic rings. The minimum absolute atomic E-state index is 0.0460. The van der Waals surface area contributed by atoms with E-state index in [2.05, 4.69) is 93.2 Å². The van der Waals surface area contributed by atoms with Gasteiger partial charge in [0.05, 0.1) is 33.5 Å². The molecule has 4 amide bonds. The van der Waals surface area contributed by atoms with E-state index in [1.54, 1.807) is 22.7 Å². The van der Waals surface area contributed by atoms with E-state index >= 15 is 0 Å². The third kappa shape index (κ3) is 17.0. The molecule has 6 N–H and O–H groups in total. The standard InChI is InChI=1S/C21H27N7O2S2.C21H31N7O2S2.Cl2OS/c1-26-7-9-28(10-8-26)19(30)13-23-21-25-15-11-14-16(12-17(15)32-21)31-20(24-14)22-4-6-27-5-2-3-18(27)29;1-26-10-12-28(13-11-26)19(30)15-23-21(32)25-17-5-2-4-16(14-17)24-20(31)22-7-9-27-8-3-6-18(27)29;1-4(2)3/h11-12H,2-10,13H2,1H3,(H,22,24)(H,23,25);2,4-5,14H,3,6-13,15H2,1H3,(H2,22,24,31)(H2,23,25,32);. The number of likely N-dealkylation sites (tertiary alicyclic amines) is 2. The first-order chi connectivity index (χ1) is 32.7. The van der Waals surface area contributed by atoms with Gasteiger partial charge in [-0.15, -0.1) is 0 Å². The quantitative estimate of drug-likeness (QED) is 0.0786. The number of carbonyl (C=O) groups is 4. The lowest BCUT2D eigenvalue weighted by molar-refractivity contribution is -0.132. The molecule has 4 aromatic rings. The molecule has 68 heavy (non-hydrogen) atoms. The van der Waals surface area contributed by atoms with Crippen LogP contribution in [-0.4, -0.2) is 196 Å². The molecule has 6 heterocycles. The fourth-order valence-corrected chi connectivity index (χ4v) is 9.93. The van der Waals surface area contributed by atoms with Gasteiger partial charge in [0.1, 0.15) is 0 Å². The number of hydrogen-bond donors (Lipinski definition) is 6. The van der Waals surface area contributed by atoms with Crippen LogP contribution in [0.3, 0.4) is 0 Å². The molecule has 8 rings (SSSR count). The first-order valence-electron chi connectivity index (χ1n) is 22.3. The Morgan fingerprint density at radius 1 is 0.662 bits per heavy atom. The molecule has 370 valence electrons. The molecule has 0 radical (unpaired) electrons. The summed E-state index contributed by atoms with van der Waals surface area (Å²) in [5.41, 5.74) is 3.38. The Morgan fingerprint density at radius 2 is 1.13 bits per heavy atom. The lowest BCUT2D eigenvalue weighted by Crippen LogP contribution is -2.50. The number of thiocarbonyl (C=S) groups is 2. The van der Waals surface area contributed by atoms with Gasteiger partial charge in [0.2, 0.25) is 32.9 Å². The van der Waals surface area contributed by atoms with Crippen LogP contribution in [0.2, 0.25) is 0 Å². The highest BCUT2D eigenvalue weighted by Crippen LogP contribution is 2.34. The number of anilines is 4. The molecule has 0 unspecified atom stereocenters. The zero-order valence-electron chi connectivity index (χ0n) is 38.0. The summed E-state index contributed by atoms with van der Waals surface area (Å²) in [4.78, 5) is 69.4. The summed E-state index contributed by atoms with van der Waals surface area (Å²) in [5, 5.41) is 21.4. The zero-order valence-corrected chi connectivity index (χ0v) is 43.6. The number of thiazole rings is 2. The smallest absolute Gasteiger partial charge is 0.242 e. The number of carbonyl (C=O) groups excluding carboxylic acids is 4. The van der Waals surface area contributed by atoms with E-state index in [9.17, 15) is 19.2 Å². The Balaban J connectivity index is 0.000000208. The average Bonchev–Trinajstić information content (AvgIpc) is 4.11. The van der Waals surface area contributed by atoms with Gasteiger partial charge in [-0.05, 0) is 81.7 Å². The molecular formula is C42H58Cl2N14O5S5. The first kappa shape index (κ1) is 53.1. The summed E-state index contributed by atoms with van der Waals surface area (Å²) < 4.78 is 11.3. The Labute approximate surface area is 426 Å². The Bertz CT molecular complexity index is 2360. The number of fused-ring (bicyclic) bond motifs is 2. The molecule has 2 aromatic heterocycles. The normalized spacial score (nSPS) is 16.6. The van der Waals surface area contributed by atoms with Crippen LogP contribution in [-0.2, 0) is 28.4 Å². The minimum atomic E-state index is -1.67. The number of aromatic nitrogens is 2. The number of likely N-dealkylation sites (N-methyl/N-ethyl adjacent to an activating group) is 2. The Hall–Kier alpha value is -4.27. The predicted octanol–water partition coefficient (Wildman–Crippen LogP) is 3.82. The number of benzene rings is 2. The number of nitrogens with zero attached hydrogens (tertiary/aromatic N) is 8. The highest BCUT2D eigenvalue weighted by molar-refractivity contribution is 8.26. The van der Waals surface area contributed by atoms with E-state index in [1.165, 1.54) is 0 Å². The van der Waals surface area contributed by atoms with E-state index in [1.807, 2.05) is 49.9 Å². The summed E-state index contributed by atoms with van der Waals surface area (Å²) in [6.45, 7) is 11.5. The van der Waals surface area contributed by atoms with Gasteiger partial charge in [-0.25, -0.2) is 14.2 Å². The summed E-state index contributed by atoms with van der Waals surface area (Å²) in [7, 11) is 11.5. The highest BCUT2D eigenvalue weighted by atomic mass is 36.0. The van der Waals surface area contributed by atoms with Crippen LogP contribution >= 0.6 is 68.5 Å². The lowest BCUT2D eigenvalue weighted by atomic mass is 10.3. The average molecular weight is 1070 g/mol. The summed E-state index contributed by atoms with van der Waals surface area (Å²) in [6.07, 6.45) is 3.21. The summed E-state index contributed by atoms with van der Waals surface area (Å²) in [5.74, 6) is 0.618. The van der Waals surface area contributed by atoms with Crippen molar-refractivity contribution >= 4 is 154 Å². The van der Waals surface area contributed by atoms with Crippen LogP contribution in [0.4, 0.5) is 21.6 Å². The number of amides is 4. The highest BCUT2D eigenvalue weighted by Gasteiger charge is 2.22. The van der Waals surface area contributed by atoms with Crippen molar-refractivity contribution in [3.8, 4) is 0 Å². The van der Waals surface area contributed by atoms with Crippen molar-refractivity contribution in [3.63, 3.8) is 0 Å². The van der Waals surface area contributed by atoms with Gasteiger partial charge in [0.15, 0.2) is 20.5 Å². The van der Waals surface area contributed by atoms with Gasteiger partial charge < -0.3 is 61.3 Å². The van der Waals surface area contributed by atoms with Gasteiger partial charge in [-0.3, -0.25) is 19.2 Å². The van der Waals surface area contributed by atoms with Crippen LogP contribution in [0.1, 0.15) is 25.7 Å². The zero-order chi connectivity index (χ0) is 48.6. The minimum Gasteiger partial charge on any atom is -0.361 e. The summed E-state index contributed by atoms with van der Waals surface area (Å²) in [6, 6.07) is 11.7. The summed E-state index contributed by atoms with van der Waals surface area (Å²) >= 11 is 13.8. The molecule has 0 saturated carbocycles. The Kier molecular flexibility index (Phi) is 20.8. The third-order valence-electron chi connectivity index (χ3n) is 11.4. The molecular weight excluding hydrogens is 1010 g/mol. The number of piperazine rings is 2. The van der Waals surface area contributed by atoms with Crippen LogP contribution in [0, 0.1) is 0 Å². The molecule has 4 aliphatic heterocycles. The second kappa shape index (κ2) is 26.6. The molecule has 26 heteroatoms.